The van der Waals surface area contributed by atoms with E-state index in [1.54, 1.807) is 66.7 Å². The van der Waals surface area contributed by atoms with Gasteiger partial charge in [-0.2, -0.15) is 0 Å². The summed E-state index contributed by atoms with van der Waals surface area (Å²) in [6.07, 6.45) is 0.137. The molecule has 0 saturated heterocycles. The third kappa shape index (κ3) is 5.37. The number of aryl methyl sites for hydroxylation is 1. The summed E-state index contributed by atoms with van der Waals surface area (Å²) in [6, 6.07) is 18.5. The molecule has 1 amide bonds. The second kappa shape index (κ2) is 9.41. The molecule has 3 rings (SSSR count). The predicted molar refractivity (Wildman–Crippen MR) is 124 cm³/mol. The highest BCUT2D eigenvalue weighted by Gasteiger charge is 2.21. The lowest BCUT2D eigenvalue weighted by molar-refractivity contribution is -0.115. The van der Waals surface area contributed by atoms with Crippen LogP contribution in [0.25, 0.3) is 0 Å². The molecule has 0 radical (unpaired) electrons. The molecule has 162 valence electrons. The molecule has 0 unspecified atom stereocenters. The Morgan fingerprint density at radius 2 is 1.68 bits per heavy atom. The average Bonchev–Trinajstić information content (AvgIpc) is 2.74. The number of halogens is 1. The molecular weight excluding hydrogens is 436 g/mol. The van der Waals surface area contributed by atoms with Crippen LogP contribution in [-0.4, -0.2) is 28.5 Å². The second-order valence-corrected chi connectivity index (χ2v) is 9.40. The zero-order valence-electron chi connectivity index (χ0n) is 17.4. The van der Waals surface area contributed by atoms with Crippen molar-refractivity contribution in [1.29, 1.82) is 0 Å². The standard InChI is InChI=1S/C23H23ClN2O4S/c1-16-4-11-20(12-5-16)31(28,29)26(2)19-9-6-17(7-10-19)14-23(27)25-18-8-13-22(30-3)21(24)15-18/h4-13,15H,14H2,1-3H3,(H,25,27). The summed E-state index contributed by atoms with van der Waals surface area (Å²) in [7, 11) is -0.639. The predicted octanol–water partition coefficient (Wildman–Crippen LogP) is 4.66. The number of hydrogen-bond acceptors (Lipinski definition) is 4. The quantitative estimate of drug-likeness (QED) is 0.558. The summed E-state index contributed by atoms with van der Waals surface area (Å²) in [5, 5.41) is 3.19. The Hall–Kier alpha value is -3.03. The number of carbonyl (C=O) groups is 1. The van der Waals surface area contributed by atoms with Crippen LogP contribution in [0.4, 0.5) is 11.4 Å². The van der Waals surface area contributed by atoms with Crippen LogP contribution >= 0.6 is 11.6 Å². The van der Waals surface area contributed by atoms with E-state index < -0.39 is 10.0 Å². The summed E-state index contributed by atoms with van der Waals surface area (Å²) in [5.41, 5.74) is 2.81. The van der Waals surface area contributed by atoms with E-state index in [2.05, 4.69) is 5.32 Å². The molecule has 0 aliphatic carbocycles. The van der Waals surface area contributed by atoms with Crippen LogP contribution in [0.5, 0.6) is 5.75 Å². The Balaban J connectivity index is 1.67. The lowest BCUT2D eigenvalue weighted by atomic mass is 10.1. The second-order valence-electron chi connectivity index (χ2n) is 7.03. The molecular formula is C23H23ClN2O4S. The van der Waals surface area contributed by atoms with Gasteiger partial charge in [0.2, 0.25) is 5.91 Å². The van der Waals surface area contributed by atoms with Crippen molar-refractivity contribution >= 4 is 38.9 Å². The lowest BCUT2D eigenvalue weighted by Gasteiger charge is -2.20. The van der Waals surface area contributed by atoms with Gasteiger partial charge in [-0.3, -0.25) is 9.10 Å². The van der Waals surface area contributed by atoms with Crippen molar-refractivity contribution in [2.24, 2.45) is 0 Å². The van der Waals surface area contributed by atoms with E-state index >= 15 is 0 Å². The first kappa shape index (κ1) is 22.7. The SMILES string of the molecule is COc1ccc(NC(=O)Cc2ccc(N(C)S(=O)(=O)c3ccc(C)cc3)cc2)cc1Cl. The van der Waals surface area contributed by atoms with Crippen molar-refractivity contribution in [3.63, 3.8) is 0 Å². The number of rotatable bonds is 7. The van der Waals surface area contributed by atoms with Crippen molar-refractivity contribution in [3.05, 3.63) is 82.9 Å². The molecule has 3 aromatic rings. The Morgan fingerprint density at radius 1 is 1.03 bits per heavy atom. The van der Waals surface area contributed by atoms with E-state index in [0.29, 0.717) is 22.1 Å². The van der Waals surface area contributed by atoms with Gasteiger partial charge in [-0.25, -0.2) is 8.42 Å². The van der Waals surface area contributed by atoms with Crippen LogP contribution in [0, 0.1) is 6.92 Å². The molecule has 0 aliphatic heterocycles. The van der Waals surface area contributed by atoms with Crippen LogP contribution in [0.3, 0.4) is 0 Å². The van der Waals surface area contributed by atoms with Gasteiger partial charge in [0.1, 0.15) is 5.75 Å². The van der Waals surface area contributed by atoms with Gasteiger partial charge in [0.05, 0.1) is 29.1 Å². The number of nitrogens with one attached hydrogen (secondary N) is 1. The number of ether oxygens (including phenoxy) is 1. The molecule has 0 aromatic heterocycles. The molecule has 31 heavy (non-hydrogen) atoms. The van der Waals surface area contributed by atoms with Crippen molar-refractivity contribution in [2.45, 2.75) is 18.2 Å². The maximum absolute atomic E-state index is 12.8. The van der Waals surface area contributed by atoms with Gasteiger partial charge in [-0.05, 0) is 55.0 Å². The summed E-state index contributed by atoms with van der Waals surface area (Å²) < 4.78 is 32.0. The number of sulfonamides is 1. The minimum Gasteiger partial charge on any atom is -0.495 e. The van der Waals surface area contributed by atoms with Crippen LogP contribution in [-0.2, 0) is 21.2 Å². The van der Waals surface area contributed by atoms with Gasteiger partial charge in [0.25, 0.3) is 10.0 Å². The number of carbonyl (C=O) groups excluding carboxylic acids is 1. The first-order valence-electron chi connectivity index (χ1n) is 9.48. The maximum atomic E-state index is 12.8. The number of anilines is 2. The molecule has 0 saturated carbocycles. The van der Waals surface area contributed by atoms with E-state index in [9.17, 15) is 13.2 Å². The van der Waals surface area contributed by atoms with E-state index in [4.69, 9.17) is 16.3 Å². The third-order valence-electron chi connectivity index (χ3n) is 4.78. The number of nitrogens with zero attached hydrogens (tertiary/aromatic N) is 1. The summed E-state index contributed by atoms with van der Waals surface area (Å²) in [6.45, 7) is 1.90. The number of amides is 1. The van der Waals surface area contributed by atoms with Crippen LogP contribution in [0.15, 0.2) is 71.6 Å². The largest absolute Gasteiger partial charge is 0.495 e. The monoisotopic (exact) mass is 458 g/mol. The molecule has 3 aromatic carbocycles. The summed E-state index contributed by atoms with van der Waals surface area (Å²) in [5.74, 6) is 0.314. The molecule has 0 aliphatic rings. The van der Waals surface area contributed by atoms with Gasteiger partial charge >= 0.3 is 0 Å². The van der Waals surface area contributed by atoms with Crippen molar-refractivity contribution in [2.75, 3.05) is 23.8 Å². The Morgan fingerprint density at radius 3 is 2.26 bits per heavy atom. The average molecular weight is 459 g/mol. The minimum absolute atomic E-state index is 0.137. The summed E-state index contributed by atoms with van der Waals surface area (Å²) in [4.78, 5) is 12.6. The Kier molecular flexibility index (Phi) is 6.87. The molecule has 0 heterocycles. The minimum atomic E-state index is -3.66. The van der Waals surface area contributed by atoms with Crippen molar-refractivity contribution < 1.29 is 17.9 Å². The van der Waals surface area contributed by atoms with Gasteiger partial charge in [0, 0.05) is 12.7 Å². The fourth-order valence-corrected chi connectivity index (χ4v) is 4.42. The Labute approximate surface area is 187 Å². The van der Waals surface area contributed by atoms with Crippen LogP contribution < -0.4 is 14.4 Å². The molecule has 1 N–H and O–H groups in total. The molecule has 0 bridgehead atoms. The number of hydrogen-bond donors (Lipinski definition) is 1. The fraction of sp³-hybridized carbons (Fsp3) is 0.174. The highest BCUT2D eigenvalue weighted by Crippen LogP contribution is 2.27. The van der Waals surface area contributed by atoms with Crippen LogP contribution in [0.1, 0.15) is 11.1 Å². The van der Waals surface area contributed by atoms with E-state index in [1.165, 1.54) is 18.5 Å². The van der Waals surface area contributed by atoms with Gasteiger partial charge < -0.3 is 10.1 Å². The fourth-order valence-electron chi connectivity index (χ4n) is 2.97. The highest BCUT2D eigenvalue weighted by molar-refractivity contribution is 7.92. The van der Waals surface area contributed by atoms with E-state index in [-0.39, 0.29) is 17.2 Å². The van der Waals surface area contributed by atoms with Crippen LogP contribution in [0.2, 0.25) is 5.02 Å². The third-order valence-corrected chi connectivity index (χ3v) is 6.87. The Bertz CT molecular complexity index is 1180. The zero-order chi connectivity index (χ0) is 22.6. The molecule has 0 atom stereocenters. The molecule has 6 nitrogen and oxygen atoms in total. The molecule has 0 spiro atoms. The van der Waals surface area contributed by atoms with E-state index in [1.807, 2.05) is 6.92 Å². The lowest BCUT2D eigenvalue weighted by Crippen LogP contribution is -2.26. The number of benzene rings is 3. The van der Waals surface area contributed by atoms with Crippen molar-refractivity contribution in [1.82, 2.24) is 0 Å². The summed E-state index contributed by atoms with van der Waals surface area (Å²) >= 11 is 6.08. The van der Waals surface area contributed by atoms with Gasteiger partial charge in [-0.1, -0.05) is 41.4 Å². The zero-order valence-corrected chi connectivity index (χ0v) is 19.0. The molecule has 8 heteroatoms. The first-order valence-corrected chi connectivity index (χ1v) is 11.3. The smallest absolute Gasteiger partial charge is 0.264 e. The molecule has 0 fully saturated rings. The van der Waals surface area contributed by atoms with Gasteiger partial charge in [0.15, 0.2) is 0 Å². The van der Waals surface area contributed by atoms with E-state index in [0.717, 1.165) is 11.1 Å². The highest BCUT2D eigenvalue weighted by atomic mass is 35.5. The first-order chi connectivity index (χ1) is 14.7. The van der Waals surface area contributed by atoms with Gasteiger partial charge in [-0.15, -0.1) is 0 Å². The number of methoxy groups -OCH3 is 1. The normalized spacial score (nSPS) is 11.1. The van der Waals surface area contributed by atoms with Crippen molar-refractivity contribution in [3.8, 4) is 5.75 Å². The topological polar surface area (TPSA) is 75.7 Å². The maximum Gasteiger partial charge on any atom is 0.264 e.